The molecule has 1 aromatic rings. The molecular formula is C15H25N3O3S. The highest BCUT2D eigenvalue weighted by Crippen LogP contribution is 2.42. The number of fused-ring (bicyclic) bond motifs is 1. The maximum Gasteiger partial charge on any atom is 0.211 e. The highest BCUT2D eigenvalue weighted by Gasteiger charge is 2.51. The maximum absolute atomic E-state index is 11.8. The number of aryl methyl sites for hydroxylation is 1. The predicted octanol–water partition coefficient (Wildman–Crippen LogP) is 0.101. The molecular weight excluding hydrogens is 302 g/mol. The summed E-state index contributed by atoms with van der Waals surface area (Å²) < 4.78 is 27.3. The zero-order valence-corrected chi connectivity index (χ0v) is 14.1. The molecule has 0 amide bonds. The van der Waals surface area contributed by atoms with E-state index in [2.05, 4.69) is 15.5 Å². The van der Waals surface area contributed by atoms with Crippen LogP contribution in [0.5, 0.6) is 0 Å². The second-order valence-corrected chi connectivity index (χ2v) is 8.87. The Balaban J connectivity index is 1.75. The van der Waals surface area contributed by atoms with E-state index in [9.17, 15) is 13.5 Å². The van der Waals surface area contributed by atoms with Crippen LogP contribution in [0, 0.1) is 11.3 Å². The van der Waals surface area contributed by atoms with Gasteiger partial charge in [-0.3, -0.25) is 4.90 Å². The van der Waals surface area contributed by atoms with Crippen molar-refractivity contribution in [2.75, 3.05) is 39.0 Å². The second kappa shape index (κ2) is 5.63. The summed E-state index contributed by atoms with van der Waals surface area (Å²) in [7, 11) is -1.15. The minimum absolute atomic E-state index is 0.0489. The highest BCUT2D eigenvalue weighted by atomic mass is 32.2. The van der Waals surface area contributed by atoms with E-state index < -0.39 is 10.0 Å². The molecule has 0 spiro atoms. The third-order valence-corrected chi connectivity index (χ3v) is 6.55. The summed E-state index contributed by atoms with van der Waals surface area (Å²) in [6, 6.07) is 4.14. The highest BCUT2D eigenvalue weighted by molar-refractivity contribution is 7.88. The van der Waals surface area contributed by atoms with Gasteiger partial charge >= 0.3 is 0 Å². The topological polar surface area (TPSA) is 65.8 Å². The smallest absolute Gasteiger partial charge is 0.211 e. The summed E-state index contributed by atoms with van der Waals surface area (Å²) in [5.74, 6) is 0.261. The van der Waals surface area contributed by atoms with Crippen LogP contribution < -0.4 is 0 Å². The van der Waals surface area contributed by atoms with Gasteiger partial charge in [-0.25, -0.2) is 12.7 Å². The van der Waals surface area contributed by atoms with Gasteiger partial charge in [0.1, 0.15) is 0 Å². The van der Waals surface area contributed by atoms with Crippen LogP contribution in [-0.2, 0) is 23.6 Å². The fourth-order valence-corrected chi connectivity index (χ4v) is 4.87. The Bertz CT molecular complexity index is 642. The zero-order chi connectivity index (χ0) is 16.0. The average Bonchev–Trinajstić information content (AvgIpc) is 3.03. The molecule has 0 aliphatic carbocycles. The number of sulfonamides is 1. The molecule has 124 valence electrons. The molecule has 2 aliphatic heterocycles. The van der Waals surface area contributed by atoms with Crippen LogP contribution in [0.3, 0.4) is 0 Å². The number of nitrogens with zero attached hydrogens (tertiary/aromatic N) is 3. The van der Waals surface area contributed by atoms with E-state index in [4.69, 9.17) is 0 Å². The van der Waals surface area contributed by atoms with E-state index in [-0.39, 0.29) is 17.9 Å². The number of piperidine rings is 1. The van der Waals surface area contributed by atoms with Crippen LogP contribution in [0.15, 0.2) is 18.3 Å². The fourth-order valence-electron chi connectivity index (χ4n) is 3.93. The molecule has 2 aliphatic rings. The van der Waals surface area contributed by atoms with Crippen LogP contribution in [0.1, 0.15) is 12.1 Å². The Morgan fingerprint density at radius 2 is 2.18 bits per heavy atom. The molecule has 0 saturated carbocycles. The lowest BCUT2D eigenvalue weighted by Gasteiger charge is -2.43. The van der Waals surface area contributed by atoms with Crippen molar-refractivity contribution in [1.82, 2.24) is 13.8 Å². The summed E-state index contributed by atoms with van der Waals surface area (Å²) in [5, 5.41) is 9.98. The van der Waals surface area contributed by atoms with Crippen LogP contribution in [-0.4, -0.2) is 66.3 Å². The van der Waals surface area contributed by atoms with Crippen LogP contribution in [0.4, 0.5) is 0 Å². The summed E-state index contributed by atoms with van der Waals surface area (Å²) in [5.41, 5.74) is 0.927. The van der Waals surface area contributed by atoms with E-state index in [1.165, 1.54) is 11.9 Å². The van der Waals surface area contributed by atoms with Crippen molar-refractivity contribution in [1.29, 1.82) is 0 Å². The Morgan fingerprint density at radius 3 is 2.77 bits per heavy atom. The van der Waals surface area contributed by atoms with Crippen molar-refractivity contribution in [3.63, 3.8) is 0 Å². The molecule has 0 radical (unpaired) electrons. The molecule has 1 aromatic heterocycles. The van der Waals surface area contributed by atoms with Crippen molar-refractivity contribution in [3.8, 4) is 0 Å². The first-order chi connectivity index (χ1) is 10.3. The fraction of sp³-hybridized carbons (Fsp3) is 0.733. The van der Waals surface area contributed by atoms with Crippen molar-refractivity contribution in [3.05, 3.63) is 24.0 Å². The molecule has 22 heavy (non-hydrogen) atoms. The minimum atomic E-state index is -3.18. The van der Waals surface area contributed by atoms with E-state index >= 15 is 0 Å². The summed E-state index contributed by atoms with van der Waals surface area (Å²) in [6.45, 7) is 3.60. The van der Waals surface area contributed by atoms with E-state index in [1.807, 2.05) is 19.3 Å². The van der Waals surface area contributed by atoms with Gasteiger partial charge in [0.2, 0.25) is 10.0 Å². The Kier molecular flexibility index (Phi) is 4.09. The third-order valence-electron chi connectivity index (χ3n) is 5.33. The molecule has 0 bridgehead atoms. The van der Waals surface area contributed by atoms with Gasteiger partial charge in [0, 0.05) is 50.5 Å². The SMILES string of the molecule is Cn1cccc1CN1CC[C@@H]2CN(S(C)(=O)=O)C[C@]2(CO)C1. The number of hydrogen-bond donors (Lipinski definition) is 1. The van der Waals surface area contributed by atoms with E-state index in [0.29, 0.717) is 13.1 Å². The first-order valence-corrected chi connectivity index (χ1v) is 9.57. The van der Waals surface area contributed by atoms with Gasteiger partial charge in [0.15, 0.2) is 0 Å². The molecule has 3 heterocycles. The zero-order valence-electron chi connectivity index (χ0n) is 13.3. The monoisotopic (exact) mass is 327 g/mol. The van der Waals surface area contributed by atoms with Gasteiger partial charge < -0.3 is 9.67 Å². The van der Waals surface area contributed by atoms with Crippen LogP contribution in [0.2, 0.25) is 0 Å². The molecule has 7 heteroatoms. The lowest BCUT2D eigenvalue weighted by atomic mass is 9.74. The Labute approximate surface area is 132 Å². The maximum atomic E-state index is 11.8. The average molecular weight is 327 g/mol. The Hall–Kier alpha value is -0.890. The summed E-state index contributed by atoms with van der Waals surface area (Å²) >= 11 is 0. The molecule has 2 saturated heterocycles. The van der Waals surface area contributed by atoms with Gasteiger partial charge in [0.05, 0.1) is 12.9 Å². The molecule has 0 unspecified atom stereocenters. The summed E-state index contributed by atoms with van der Waals surface area (Å²) in [6.07, 6.45) is 4.24. The lowest BCUT2D eigenvalue weighted by Crippen LogP contribution is -2.50. The number of aliphatic hydroxyl groups excluding tert-OH is 1. The number of aliphatic hydroxyl groups is 1. The first kappa shape index (κ1) is 16.0. The standard InChI is InChI=1S/C15H25N3O3S/c1-16-6-3-4-14(16)9-17-7-5-13-8-18(22(2,20)21)11-15(13,10-17)12-19/h3-4,6,13,19H,5,7-12H2,1-2H3/t13-,15+/m1/s1. The van der Waals surface area contributed by atoms with E-state index in [0.717, 1.165) is 26.1 Å². The number of likely N-dealkylation sites (tertiary alicyclic amines) is 1. The molecule has 2 atom stereocenters. The second-order valence-electron chi connectivity index (χ2n) is 6.88. The van der Waals surface area contributed by atoms with Crippen molar-refractivity contribution >= 4 is 10.0 Å². The largest absolute Gasteiger partial charge is 0.396 e. The number of hydrogen-bond acceptors (Lipinski definition) is 4. The third kappa shape index (κ3) is 2.82. The van der Waals surface area contributed by atoms with Gasteiger partial charge in [0.25, 0.3) is 0 Å². The number of aromatic nitrogens is 1. The summed E-state index contributed by atoms with van der Waals surface area (Å²) in [4.78, 5) is 2.34. The number of rotatable bonds is 4. The molecule has 0 aromatic carbocycles. The van der Waals surface area contributed by atoms with Crippen molar-refractivity contribution < 1.29 is 13.5 Å². The quantitative estimate of drug-likeness (QED) is 0.852. The predicted molar refractivity (Wildman–Crippen MR) is 84.7 cm³/mol. The lowest BCUT2D eigenvalue weighted by molar-refractivity contribution is 0.00809. The minimum Gasteiger partial charge on any atom is -0.396 e. The van der Waals surface area contributed by atoms with Crippen molar-refractivity contribution in [2.45, 2.75) is 13.0 Å². The van der Waals surface area contributed by atoms with Crippen LogP contribution in [0.25, 0.3) is 0 Å². The van der Waals surface area contributed by atoms with Crippen LogP contribution >= 0.6 is 0 Å². The van der Waals surface area contributed by atoms with Crippen molar-refractivity contribution in [2.24, 2.45) is 18.4 Å². The van der Waals surface area contributed by atoms with Gasteiger partial charge in [-0.1, -0.05) is 0 Å². The van der Waals surface area contributed by atoms with Gasteiger partial charge in [-0.2, -0.15) is 0 Å². The first-order valence-electron chi connectivity index (χ1n) is 7.73. The van der Waals surface area contributed by atoms with Gasteiger partial charge in [-0.05, 0) is 31.0 Å². The molecule has 1 N–H and O–H groups in total. The molecule has 3 rings (SSSR count). The molecule has 6 nitrogen and oxygen atoms in total. The normalized spacial score (nSPS) is 30.6. The molecule has 2 fully saturated rings. The van der Waals surface area contributed by atoms with Gasteiger partial charge in [-0.15, -0.1) is 0 Å². The van der Waals surface area contributed by atoms with E-state index in [1.54, 1.807) is 4.31 Å². The Morgan fingerprint density at radius 1 is 1.41 bits per heavy atom.